The predicted molar refractivity (Wildman–Crippen MR) is 160 cm³/mol. The molecule has 0 aromatic heterocycles. The van der Waals surface area contributed by atoms with Gasteiger partial charge in [-0.3, -0.25) is 19.2 Å². The fourth-order valence-electron chi connectivity index (χ4n) is 4.12. The highest BCUT2D eigenvalue weighted by Crippen LogP contribution is 2.11. The lowest BCUT2D eigenvalue weighted by Crippen LogP contribution is -2.50. The van der Waals surface area contributed by atoms with Gasteiger partial charge in [-0.15, -0.1) is 0 Å². The minimum absolute atomic E-state index is 0.139. The molecule has 4 amide bonds. The first-order chi connectivity index (χ1) is 20.8. The fraction of sp³-hybridized carbons (Fsp3) is 0.690. The monoisotopic (exact) mass is 627 g/mol. The van der Waals surface area contributed by atoms with Crippen molar-refractivity contribution in [3.8, 4) is 0 Å². The molecule has 0 aliphatic rings. The number of unbranched alkanes of at least 4 members (excludes halogenated alkanes) is 8. The van der Waals surface area contributed by atoms with E-state index in [4.69, 9.17) is 10.8 Å². The number of nitrogens with one attached hydrogen (secondary N) is 4. The van der Waals surface area contributed by atoms with Crippen molar-refractivity contribution in [1.82, 2.24) is 21.3 Å². The van der Waals surface area contributed by atoms with Crippen LogP contribution in [0.4, 0.5) is 0 Å². The number of nitrogens with two attached hydrogens (primary N) is 1. The fourth-order valence-corrected chi connectivity index (χ4v) is 4.12. The number of hydrogen-bond acceptors (Lipinski definition) is 8. The Hall–Kier alpha value is -4.01. The molecule has 0 saturated carbocycles. The van der Waals surface area contributed by atoms with Crippen molar-refractivity contribution in [1.29, 1.82) is 0 Å². The Balaban J connectivity index is 4.66. The van der Waals surface area contributed by atoms with E-state index in [9.17, 15) is 43.8 Å². The van der Waals surface area contributed by atoms with Crippen LogP contribution >= 0.6 is 0 Å². The van der Waals surface area contributed by atoms with Gasteiger partial charge in [0.2, 0.25) is 23.6 Å². The van der Waals surface area contributed by atoms with Crippen LogP contribution in [0.2, 0.25) is 0 Å². The van der Waals surface area contributed by atoms with Crippen LogP contribution in [0, 0.1) is 0 Å². The van der Waals surface area contributed by atoms with Gasteiger partial charge >= 0.3 is 17.9 Å². The van der Waals surface area contributed by atoms with Crippen LogP contribution < -0.4 is 27.0 Å². The summed E-state index contributed by atoms with van der Waals surface area (Å²) < 4.78 is 0. The number of rotatable bonds is 25. The molecule has 0 aliphatic heterocycles. The summed E-state index contributed by atoms with van der Waals surface area (Å²) in [4.78, 5) is 82.8. The standard InChI is InChI=1S/C29H49N5O10/c1-3-4-5-6-7-8-9-10-11-15-23(35)31-19(2)26(38)34-22(29(43)44)16-17-24(36)32-20(27(39)40)13-12-14-21(28(41)42)33-25(37)18-30/h14,19-20,22H,3-13,15-18,30H2,1-2H3,(H,31,35)(H,32,36)(H,33,37)(H,34,38)(H,39,40)(H,41,42)(H,43,44)/t19-,20?,22+/m0/s1. The zero-order valence-electron chi connectivity index (χ0n) is 25.7. The number of carboxylic acids is 3. The lowest BCUT2D eigenvalue weighted by atomic mass is 10.1. The van der Waals surface area contributed by atoms with Crippen LogP contribution in [-0.4, -0.2) is 81.5 Å². The summed E-state index contributed by atoms with van der Waals surface area (Å²) in [5, 5.41) is 37.1. The highest BCUT2D eigenvalue weighted by Gasteiger charge is 2.26. The SMILES string of the molecule is CCCCCCCCCCCC(=O)N[C@@H](C)C(=O)N[C@H](CCC(=O)NC(CCC=C(NC(=O)CN)C(=O)O)C(=O)O)C(=O)O. The normalized spacial score (nSPS) is 13.2. The van der Waals surface area contributed by atoms with Gasteiger partial charge in [-0.1, -0.05) is 64.4 Å². The molecule has 9 N–H and O–H groups in total. The van der Waals surface area contributed by atoms with Gasteiger partial charge in [0, 0.05) is 12.8 Å². The summed E-state index contributed by atoms with van der Waals surface area (Å²) in [6, 6.07) is -3.91. The minimum atomic E-state index is -1.47. The van der Waals surface area contributed by atoms with Crippen molar-refractivity contribution in [3.63, 3.8) is 0 Å². The first-order valence-electron chi connectivity index (χ1n) is 15.1. The molecule has 0 saturated heterocycles. The van der Waals surface area contributed by atoms with E-state index in [-0.39, 0.29) is 31.6 Å². The smallest absolute Gasteiger partial charge is 0.352 e. The number of carboxylic acid groups (broad SMARTS) is 3. The molecule has 3 atom stereocenters. The third kappa shape index (κ3) is 19.2. The zero-order chi connectivity index (χ0) is 33.5. The molecule has 0 rings (SSSR count). The highest BCUT2D eigenvalue weighted by molar-refractivity contribution is 5.93. The van der Waals surface area contributed by atoms with Crippen LogP contribution in [0.15, 0.2) is 11.8 Å². The first-order valence-corrected chi connectivity index (χ1v) is 15.1. The third-order valence-electron chi connectivity index (χ3n) is 6.68. The Labute approximate surface area is 257 Å². The maximum absolute atomic E-state index is 12.5. The summed E-state index contributed by atoms with van der Waals surface area (Å²) in [5.41, 5.74) is 4.63. The Morgan fingerprint density at radius 2 is 1.20 bits per heavy atom. The summed E-state index contributed by atoms with van der Waals surface area (Å²) in [6.07, 6.45) is 10.0. The van der Waals surface area contributed by atoms with E-state index in [0.29, 0.717) is 6.42 Å². The van der Waals surface area contributed by atoms with Crippen LogP contribution in [0.25, 0.3) is 0 Å². The van der Waals surface area contributed by atoms with Crippen molar-refractivity contribution >= 4 is 41.5 Å². The van der Waals surface area contributed by atoms with E-state index < -0.39 is 72.4 Å². The van der Waals surface area contributed by atoms with Crippen LogP contribution in [0.3, 0.4) is 0 Å². The number of carbonyl (C=O) groups excluding carboxylic acids is 4. The second kappa shape index (κ2) is 23.4. The summed E-state index contributed by atoms with van der Waals surface area (Å²) in [6.45, 7) is 3.13. The minimum Gasteiger partial charge on any atom is -0.480 e. The molecule has 0 radical (unpaired) electrons. The Kier molecular flexibility index (Phi) is 21.3. The van der Waals surface area contributed by atoms with Crippen molar-refractivity contribution in [2.24, 2.45) is 5.73 Å². The van der Waals surface area contributed by atoms with E-state index in [1.165, 1.54) is 39.0 Å². The van der Waals surface area contributed by atoms with Gasteiger partial charge in [0.05, 0.1) is 6.54 Å². The lowest BCUT2D eigenvalue weighted by Gasteiger charge is -2.19. The summed E-state index contributed by atoms with van der Waals surface area (Å²) >= 11 is 0. The summed E-state index contributed by atoms with van der Waals surface area (Å²) in [7, 11) is 0. The molecule has 0 aromatic rings. The maximum atomic E-state index is 12.5. The maximum Gasteiger partial charge on any atom is 0.352 e. The second-order valence-electron chi connectivity index (χ2n) is 10.5. The Bertz CT molecular complexity index is 1000. The van der Waals surface area contributed by atoms with Gasteiger partial charge in [-0.2, -0.15) is 0 Å². The molecule has 15 nitrogen and oxygen atoms in total. The van der Waals surface area contributed by atoms with Crippen molar-refractivity contribution in [3.05, 3.63) is 11.8 Å². The zero-order valence-corrected chi connectivity index (χ0v) is 25.7. The first kappa shape index (κ1) is 40.0. The second-order valence-corrected chi connectivity index (χ2v) is 10.5. The number of hydrogen-bond donors (Lipinski definition) is 8. The lowest BCUT2D eigenvalue weighted by molar-refractivity contribution is -0.143. The van der Waals surface area contributed by atoms with Crippen LogP contribution in [0.5, 0.6) is 0 Å². The molecule has 0 spiro atoms. The quantitative estimate of drug-likeness (QED) is 0.0526. The van der Waals surface area contributed by atoms with E-state index in [1.54, 1.807) is 0 Å². The summed E-state index contributed by atoms with van der Waals surface area (Å²) in [5.74, 6) is -6.92. The van der Waals surface area contributed by atoms with Gasteiger partial charge in [0.25, 0.3) is 0 Å². The molecular formula is C29H49N5O10. The number of aliphatic carboxylic acids is 3. The molecule has 15 heteroatoms. The Morgan fingerprint density at radius 1 is 0.682 bits per heavy atom. The molecule has 44 heavy (non-hydrogen) atoms. The van der Waals surface area contributed by atoms with Crippen LogP contribution in [0.1, 0.15) is 104 Å². The molecular weight excluding hydrogens is 578 g/mol. The highest BCUT2D eigenvalue weighted by atomic mass is 16.4. The van der Waals surface area contributed by atoms with Gasteiger partial charge in [-0.25, -0.2) is 14.4 Å². The van der Waals surface area contributed by atoms with Crippen molar-refractivity contribution in [2.75, 3.05) is 6.54 Å². The van der Waals surface area contributed by atoms with E-state index in [0.717, 1.165) is 25.3 Å². The van der Waals surface area contributed by atoms with Crippen LogP contribution in [-0.2, 0) is 33.6 Å². The van der Waals surface area contributed by atoms with E-state index in [2.05, 4.69) is 28.2 Å². The topological polar surface area (TPSA) is 254 Å². The largest absolute Gasteiger partial charge is 0.480 e. The average Bonchev–Trinajstić information content (AvgIpc) is 2.96. The van der Waals surface area contributed by atoms with Gasteiger partial charge < -0.3 is 42.3 Å². The average molecular weight is 628 g/mol. The van der Waals surface area contributed by atoms with Gasteiger partial charge in [-0.05, 0) is 32.6 Å². The van der Waals surface area contributed by atoms with E-state index >= 15 is 0 Å². The molecule has 1 unspecified atom stereocenters. The number of allylic oxidation sites excluding steroid dienone is 1. The van der Waals surface area contributed by atoms with Crippen molar-refractivity contribution < 1.29 is 48.9 Å². The number of amides is 4. The molecule has 0 aromatic carbocycles. The van der Waals surface area contributed by atoms with Gasteiger partial charge in [0.1, 0.15) is 23.8 Å². The van der Waals surface area contributed by atoms with Crippen molar-refractivity contribution in [2.45, 2.75) is 122 Å². The third-order valence-corrected chi connectivity index (χ3v) is 6.68. The molecule has 250 valence electrons. The number of carbonyl (C=O) groups is 7. The van der Waals surface area contributed by atoms with Gasteiger partial charge in [0.15, 0.2) is 0 Å². The molecule has 0 aliphatic carbocycles. The molecule has 0 bridgehead atoms. The molecule has 0 heterocycles. The molecule has 0 fully saturated rings. The predicted octanol–water partition coefficient (Wildman–Crippen LogP) is 1.15. The Morgan fingerprint density at radius 3 is 1.73 bits per heavy atom. The van der Waals surface area contributed by atoms with E-state index in [1.807, 2.05) is 0 Å².